The first-order valence-electron chi connectivity index (χ1n) is 9.03. The maximum absolute atomic E-state index is 10.1. The minimum Gasteiger partial charge on any atom is -0.192 e. The van der Waals surface area contributed by atoms with Crippen LogP contribution in [0.25, 0.3) is 33.4 Å². The van der Waals surface area contributed by atoms with Crippen molar-refractivity contribution in [2.75, 3.05) is 0 Å². The molecule has 1 nitrogen and oxygen atoms in total. The van der Waals surface area contributed by atoms with Crippen molar-refractivity contribution >= 4 is 0 Å². The van der Waals surface area contributed by atoms with E-state index in [1.807, 2.05) is 42.5 Å². The summed E-state index contributed by atoms with van der Waals surface area (Å²) in [5.41, 5.74) is 8.29. The Kier molecular flexibility index (Phi) is 4.56. The van der Waals surface area contributed by atoms with Crippen LogP contribution in [0.3, 0.4) is 0 Å². The van der Waals surface area contributed by atoms with Gasteiger partial charge in [-0.3, -0.25) is 0 Å². The number of hydrogen-bond donors (Lipinski definition) is 0. The lowest BCUT2D eigenvalue weighted by atomic mass is 9.84. The molecule has 1 heteroatoms. The van der Waals surface area contributed by atoms with Crippen molar-refractivity contribution in [1.29, 1.82) is 5.26 Å². The van der Waals surface area contributed by atoms with Crippen LogP contribution in [0.4, 0.5) is 0 Å². The molecule has 0 amide bonds. The molecule has 0 saturated heterocycles. The molecule has 0 atom stereocenters. The molecule has 0 unspecified atom stereocenters. The fourth-order valence-electron chi connectivity index (χ4n) is 3.63. The first kappa shape index (κ1) is 16.8. The average molecular weight is 345 g/mol. The summed E-state index contributed by atoms with van der Waals surface area (Å²) in [4.78, 5) is 0. The molecule has 0 fully saturated rings. The summed E-state index contributed by atoms with van der Waals surface area (Å²) in [6, 6.07) is 35.4. The fourth-order valence-corrected chi connectivity index (χ4v) is 3.63. The van der Waals surface area contributed by atoms with Gasteiger partial charge in [-0.05, 0) is 40.8 Å². The maximum atomic E-state index is 10.1. The van der Waals surface area contributed by atoms with Crippen LogP contribution in [-0.4, -0.2) is 0 Å². The first-order chi connectivity index (χ1) is 13.3. The van der Waals surface area contributed by atoms with E-state index in [0.717, 1.165) is 44.5 Å². The van der Waals surface area contributed by atoms with Gasteiger partial charge in [-0.1, -0.05) is 91.0 Å². The Morgan fingerprint density at radius 1 is 0.593 bits per heavy atom. The topological polar surface area (TPSA) is 23.8 Å². The van der Waals surface area contributed by atoms with Crippen molar-refractivity contribution in [2.45, 2.75) is 6.92 Å². The molecule has 4 rings (SSSR count). The molecule has 0 saturated carbocycles. The monoisotopic (exact) mass is 345 g/mol. The summed E-state index contributed by atoms with van der Waals surface area (Å²) in [5.74, 6) is 0. The van der Waals surface area contributed by atoms with Gasteiger partial charge in [0.25, 0.3) is 0 Å². The molecule has 4 aromatic rings. The third kappa shape index (κ3) is 3.14. The number of hydrogen-bond acceptors (Lipinski definition) is 1. The largest absolute Gasteiger partial charge is 0.192 e. The quantitative estimate of drug-likeness (QED) is 0.397. The summed E-state index contributed by atoms with van der Waals surface area (Å²) in [6.07, 6.45) is 0. The highest BCUT2D eigenvalue weighted by molar-refractivity contribution is 5.90. The Balaban J connectivity index is 2.10. The Hall–Kier alpha value is -3.63. The zero-order valence-corrected chi connectivity index (χ0v) is 15.2. The highest BCUT2D eigenvalue weighted by atomic mass is 14.3. The van der Waals surface area contributed by atoms with Crippen molar-refractivity contribution in [2.24, 2.45) is 0 Å². The van der Waals surface area contributed by atoms with Gasteiger partial charge in [0.15, 0.2) is 0 Å². The van der Waals surface area contributed by atoms with Gasteiger partial charge in [-0.15, -0.1) is 0 Å². The molecular formula is C26H19N. The predicted molar refractivity (Wildman–Crippen MR) is 112 cm³/mol. The zero-order valence-electron chi connectivity index (χ0n) is 15.2. The van der Waals surface area contributed by atoms with Gasteiger partial charge in [0, 0.05) is 11.1 Å². The second kappa shape index (κ2) is 7.32. The Morgan fingerprint density at radius 3 is 1.52 bits per heavy atom. The SMILES string of the molecule is Cc1c(-c2ccccc2)cc(-c2ccccc2)c(C#N)c1-c1ccccc1. The number of nitriles is 1. The molecule has 0 radical (unpaired) electrons. The maximum Gasteiger partial charge on any atom is 0.100 e. The summed E-state index contributed by atoms with van der Waals surface area (Å²) in [6.45, 7) is 2.11. The van der Waals surface area contributed by atoms with E-state index in [1.165, 1.54) is 0 Å². The minimum atomic E-state index is 0.726. The van der Waals surface area contributed by atoms with Crippen LogP contribution >= 0.6 is 0 Å². The Morgan fingerprint density at radius 2 is 1.04 bits per heavy atom. The molecule has 0 aliphatic carbocycles. The molecular weight excluding hydrogens is 326 g/mol. The Labute approximate surface area is 160 Å². The summed E-state index contributed by atoms with van der Waals surface area (Å²) in [7, 11) is 0. The molecule has 0 N–H and O–H groups in total. The van der Waals surface area contributed by atoms with Crippen LogP contribution in [-0.2, 0) is 0 Å². The van der Waals surface area contributed by atoms with E-state index in [0.29, 0.717) is 0 Å². The number of nitrogens with zero attached hydrogens (tertiary/aromatic N) is 1. The van der Waals surface area contributed by atoms with Crippen LogP contribution in [0.5, 0.6) is 0 Å². The van der Waals surface area contributed by atoms with Crippen LogP contribution in [0, 0.1) is 18.3 Å². The van der Waals surface area contributed by atoms with E-state index in [1.54, 1.807) is 0 Å². The van der Waals surface area contributed by atoms with Crippen molar-refractivity contribution in [1.82, 2.24) is 0 Å². The zero-order chi connectivity index (χ0) is 18.6. The van der Waals surface area contributed by atoms with Gasteiger partial charge in [0.1, 0.15) is 6.07 Å². The fraction of sp³-hybridized carbons (Fsp3) is 0.0385. The molecule has 128 valence electrons. The van der Waals surface area contributed by atoms with Gasteiger partial charge in [0.2, 0.25) is 0 Å². The predicted octanol–water partition coefficient (Wildman–Crippen LogP) is 6.87. The summed E-state index contributed by atoms with van der Waals surface area (Å²) >= 11 is 0. The van der Waals surface area contributed by atoms with E-state index in [2.05, 4.69) is 67.6 Å². The molecule has 0 heterocycles. The lowest BCUT2D eigenvalue weighted by Gasteiger charge is -2.18. The molecule has 0 aliphatic heterocycles. The highest BCUT2D eigenvalue weighted by Crippen LogP contribution is 2.40. The third-order valence-electron chi connectivity index (χ3n) is 4.93. The molecule has 4 aromatic carbocycles. The van der Waals surface area contributed by atoms with Gasteiger partial charge < -0.3 is 0 Å². The van der Waals surface area contributed by atoms with Crippen molar-refractivity contribution in [3.63, 3.8) is 0 Å². The lowest BCUT2D eigenvalue weighted by Crippen LogP contribution is -1.97. The number of benzene rings is 4. The van der Waals surface area contributed by atoms with Crippen LogP contribution in [0.15, 0.2) is 97.1 Å². The second-order valence-corrected chi connectivity index (χ2v) is 6.56. The molecule has 0 spiro atoms. The minimum absolute atomic E-state index is 0.726. The van der Waals surface area contributed by atoms with Crippen molar-refractivity contribution in [3.05, 3.63) is 108 Å². The van der Waals surface area contributed by atoms with Crippen LogP contribution in [0.1, 0.15) is 11.1 Å². The van der Waals surface area contributed by atoms with Crippen LogP contribution in [0.2, 0.25) is 0 Å². The van der Waals surface area contributed by atoms with Gasteiger partial charge in [-0.2, -0.15) is 5.26 Å². The third-order valence-corrected chi connectivity index (χ3v) is 4.93. The van der Waals surface area contributed by atoms with Gasteiger partial charge in [-0.25, -0.2) is 0 Å². The molecule has 0 aliphatic rings. The van der Waals surface area contributed by atoms with E-state index in [4.69, 9.17) is 0 Å². The Bertz CT molecular complexity index is 1110. The standard InChI is InChI=1S/C26H19N/c1-19-23(20-11-5-2-6-12-20)17-24(21-13-7-3-8-14-21)25(18-27)26(19)22-15-9-4-10-16-22/h2-17H,1H3. The van der Waals surface area contributed by atoms with E-state index in [9.17, 15) is 5.26 Å². The van der Waals surface area contributed by atoms with Crippen LogP contribution < -0.4 is 0 Å². The second-order valence-electron chi connectivity index (χ2n) is 6.56. The first-order valence-corrected chi connectivity index (χ1v) is 9.03. The average Bonchev–Trinajstić information content (AvgIpc) is 2.75. The smallest absolute Gasteiger partial charge is 0.100 e. The molecule has 0 bridgehead atoms. The highest BCUT2D eigenvalue weighted by Gasteiger charge is 2.18. The number of rotatable bonds is 3. The van der Waals surface area contributed by atoms with E-state index in [-0.39, 0.29) is 0 Å². The van der Waals surface area contributed by atoms with Gasteiger partial charge >= 0.3 is 0 Å². The van der Waals surface area contributed by atoms with E-state index < -0.39 is 0 Å². The lowest BCUT2D eigenvalue weighted by molar-refractivity contribution is 1.40. The molecule has 27 heavy (non-hydrogen) atoms. The molecule has 0 aromatic heterocycles. The summed E-state index contributed by atoms with van der Waals surface area (Å²) < 4.78 is 0. The van der Waals surface area contributed by atoms with Gasteiger partial charge in [0.05, 0.1) is 5.56 Å². The summed E-state index contributed by atoms with van der Waals surface area (Å²) in [5, 5.41) is 10.1. The van der Waals surface area contributed by atoms with Crippen molar-refractivity contribution < 1.29 is 0 Å². The normalized spacial score (nSPS) is 10.4. The van der Waals surface area contributed by atoms with E-state index >= 15 is 0 Å². The van der Waals surface area contributed by atoms with Crippen molar-refractivity contribution in [3.8, 4) is 39.4 Å².